The Kier molecular flexibility index (Phi) is 7.00. The highest BCUT2D eigenvalue weighted by Gasteiger charge is 2.27. The van der Waals surface area contributed by atoms with E-state index in [-0.39, 0.29) is 24.4 Å². The molecule has 8 nitrogen and oxygen atoms in total. The lowest BCUT2D eigenvalue weighted by Gasteiger charge is -2.18. The van der Waals surface area contributed by atoms with Gasteiger partial charge in [0, 0.05) is 26.9 Å². The summed E-state index contributed by atoms with van der Waals surface area (Å²) in [7, 11) is 1.64. The smallest absolute Gasteiger partial charge is 0.249 e. The van der Waals surface area contributed by atoms with Crippen molar-refractivity contribution in [2.24, 2.45) is 0 Å². The SMILES string of the molecule is COCCCNC(=O)Cn1c(C(C)NC(=O)C2CCCO2)nc2ccccc21. The molecule has 3 rings (SSSR count). The average molecular weight is 388 g/mol. The number of imidazole rings is 1. The number of hydrogen-bond acceptors (Lipinski definition) is 5. The lowest BCUT2D eigenvalue weighted by molar-refractivity contribution is -0.130. The number of nitrogens with one attached hydrogen (secondary N) is 2. The molecule has 0 bridgehead atoms. The summed E-state index contributed by atoms with van der Waals surface area (Å²) in [6, 6.07) is 7.31. The number of ether oxygens (including phenoxy) is 2. The number of nitrogens with zero attached hydrogens (tertiary/aromatic N) is 2. The molecular formula is C20H28N4O4. The van der Waals surface area contributed by atoms with Crippen LogP contribution in [-0.4, -0.2) is 54.3 Å². The van der Waals surface area contributed by atoms with E-state index in [1.807, 2.05) is 35.8 Å². The Morgan fingerprint density at radius 2 is 2.21 bits per heavy atom. The topological polar surface area (TPSA) is 94.5 Å². The third kappa shape index (κ3) is 4.88. The van der Waals surface area contributed by atoms with Crippen molar-refractivity contribution in [1.29, 1.82) is 0 Å². The minimum Gasteiger partial charge on any atom is -0.385 e. The molecule has 0 aliphatic carbocycles. The Hall–Kier alpha value is -2.45. The van der Waals surface area contributed by atoms with Gasteiger partial charge in [0.25, 0.3) is 0 Å². The van der Waals surface area contributed by atoms with Gasteiger partial charge in [0.1, 0.15) is 18.5 Å². The molecule has 8 heteroatoms. The first-order valence-electron chi connectivity index (χ1n) is 9.73. The standard InChI is InChI=1S/C20H28N4O4/c1-14(22-20(26)17-9-5-12-28-17)19-23-15-7-3-4-8-16(15)24(19)13-18(25)21-10-6-11-27-2/h3-4,7-8,14,17H,5-6,9-13H2,1-2H3,(H,21,25)(H,22,26). The molecular weight excluding hydrogens is 360 g/mol. The highest BCUT2D eigenvalue weighted by Crippen LogP contribution is 2.21. The third-order valence-corrected chi connectivity index (χ3v) is 4.80. The van der Waals surface area contributed by atoms with Crippen LogP contribution in [0.1, 0.15) is 38.1 Å². The second kappa shape index (κ2) is 9.66. The molecule has 0 radical (unpaired) electrons. The van der Waals surface area contributed by atoms with E-state index in [1.165, 1.54) is 0 Å². The van der Waals surface area contributed by atoms with Gasteiger partial charge >= 0.3 is 0 Å². The first kappa shape index (κ1) is 20.3. The normalized spacial score (nSPS) is 17.6. The number of methoxy groups -OCH3 is 1. The van der Waals surface area contributed by atoms with Gasteiger partial charge in [-0.25, -0.2) is 4.98 Å². The molecule has 1 aliphatic heterocycles. The lowest BCUT2D eigenvalue weighted by atomic mass is 10.2. The van der Waals surface area contributed by atoms with Crippen molar-refractivity contribution >= 4 is 22.8 Å². The first-order chi connectivity index (χ1) is 13.6. The summed E-state index contributed by atoms with van der Waals surface area (Å²) in [5, 5.41) is 5.87. The van der Waals surface area contributed by atoms with Crippen LogP contribution in [0.3, 0.4) is 0 Å². The van der Waals surface area contributed by atoms with E-state index in [4.69, 9.17) is 9.47 Å². The number of rotatable bonds is 9. The predicted octanol–water partition coefficient (Wildman–Crippen LogP) is 1.55. The average Bonchev–Trinajstić information content (AvgIpc) is 3.34. The molecule has 2 N–H and O–H groups in total. The molecule has 2 unspecified atom stereocenters. The maximum absolute atomic E-state index is 12.4. The molecule has 28 heavy (non-hydrogen) atoms. The second-order valence-corrected chi connectivity index (χ2v) is 6.97. The van der Waals surface area contributed by atoms with Gasteiger partial charge in [-0.3, -0.25) is 9.59 Å². The number of aromatic nitrogens is 2. The number of hydrogen-bond donors (Lipinski definition) is 2. The van der Waals surface area contributed by atoms with Gasteiger partial charge in [0.05, 0.1) is 17.1 Å². The Labute approximate surface area is 164 Å². The molecule has 1 aliphatic rings. The van der Waals surface area contributed by atoms with Crippen LogP contribution in [0.15, 0.2) is 24.3 Å². The Bertz CT molecular complexity index is 814. The highest BCUT2D eigenvalue weighted by atomic mass is 16.5. The zero-order valence-corrected chi connectivity index (χ0v) is 16.4. The number of benzene rings is 1. The third-order valence-electron chi connectivity index (χ3n) is 4.80. The molecule has 1 fully saturated rings. The van der Waals surface area contributed by atoms with Crippen LogP contribution >= 0.6 is 0 Å². The molecule has 1 saturated heterocycles. The van der Waals surface area contributed by atoms with Gasteiger partial charge in [-0.2, -0.15) is 0 Å². The van der Waals surface area contributed by atoms with Crippen LogP contribution in [0, 0.1) is 0 Å². The molecule has 2 aromatic rings. The van der Waals surface area contributed by atoms with Crippen LogP contribution in [-0.2, 0) is 25.6 Å². The van der Waals surface area contributed by atoms with Crippen LogP contribution in [0.2, 0.25) is 0 Å². The van der Waals surface area contributed by atoms with E-state index < -0.39 is 6.10 Å². The zero-order valence-electron chi connectivity index (χ0n) is 16.4. The largest absolute Gasteiger partial charge is 0.385 e. The fourth-order valence-corrected chi connectivity index (χ4v) is 3.39. The van der Waals surface area contributed by atoms with Crippen molar-refractivity contribution in [3.05, 3.63) is 30.1 Å². The molecule has 1 aromatic heterocycles. The maximum atomic E-state index is 12.4. The Morgan fingerprint density at radius 3 is 2.96 bits per heavy atom. The summed E-state index contributed by atoms with van der Waals surface area (Å²) in [6.45, 7) is 3.80. The van der Waals surface area contributed by atoms with Crippen LogP contribution in [0.5, 0.6) is 0 Å². The van der Waals surface area contributed by atoms with E-state index in [9.17, 15) is 9.59 Å². The number of para-hydroxylation sites is 2. The summed E-state index contributed by atoms with van der Waals surface area (Å²) in [6.07, 6.45) is 1.99. The first-order valence-corrected chi connectivity index (χ1v) is 9.73. The Morgan fingerprint density at radius 1 is 1.39 bits per heavy atom. The van der Waals surface area contributed by atoms with Crippen molar-refractivity contribution in [1.82, 2.24) is 20.2 Å². The van der Waals surface area contributed by atoms with Gasteiger partial charge in [0.2, 0.25) is 11.8 Å². The van der Waals surface area contributed by atoms with Crippen molar-refractivity contribution in [3.63, 3.8) is 0 Å². The van der Waals surface area contributed by atoms with Crippen molar-refractivity contribution < 1.29 is 19.1 Å². The predicted molar refractivity (Wildman–Crippen MR) is 105 cm³/mol. The van der Waals surface area contributed by atoms with E-state index in [0.29, 0.717) is 25.6 Å². The fraction of sp³-hybridized carbons (Fsp3) is 0.550. The number of carbonyl (C=O) groups is 2. The number of fused-ring (bicyclic) bond motifs is 1. The quantitative estimate of drug-likeness (QED) is 0.636. The second-order valence-electron chi connectivity index (χ2n) is 6.97. The van der Waals surface area contributed by atoms with Gasteiger partial charge in [-0.15, -0.1) is 0 Å². The van der Waals surface area contributed by atoms with Gasteiger partial charge in [0.15, 0.2) is 0 Å². The summed E-state index contributed by atoms with van der Waals surface area (Å²) in [4.78, 5) is 29.5. The summed E-state index contributed by atoms with van der Waals surface area (Å²) < 4.78 is 12.3. The molecule has 2 heterocycles. The molecule has 152 valence electrons. The fourth-order valence-electron chi connectivity index (χ4n) is 3.39. The number of carbonyl (C=O) groups excluding carboxylic acids is 2. The van der Waals surface area contributed by atoms with Crippen molar-refractivity contribution in [2.75, 3.05) is 26.9 Å². The Balaban J connectivity index is 1.74. The minimum atomic E-state index is -0.399. The molecule has 2 amide bonds. The van der Waals surface area contributed by atoms with Crippen LogP contribution < -0.4 is 10.6 Å². The van der Waals surface area contributed by atoms with E-state index >= 15 is 0 Å². The minimum absolute atomic E-state index is 0.0989. The van der Waals surface area contributed by atoms with Crippen LogP contribution in [0.4, 0.5) is 0 Å². The summed E-state index contributed by atoms with van der Waals surface area (Å²) >= 11 is 0. The van der Waals surface area contributed by atoms with Gasteiger partial charge in [-0.05, 0) is 38.3 Å². The summed E-state index contributed by atoms with van der Waals surface area (Å²) in [5.74, 6) is 0.422. The summed E-state index contributed by atoms with van der Waals surface area (Å²) in [5.41, 5.74) is 1.66. The maximum Gasteiger partial charge on any atom is 0.249 e. The van der Waals surface area contributed by atoms with Crippen molar-refractivity contribution in [2.45, 2.75) is 44.9 Å². The zero-order chi connectivity index (χ0) is 19.9. The lowest BCUT2D eigenvalue weighted by Crippen LogP contribution is -2.37. The van der Waals surface area contributed by atoms with E-state index in [1.54, 1.807) is 7.11 Å². The van der Waals surface area contributed by atoms with Gasteiger partial charge < -0.3 is 24.7 Å². The van der Waals surface area contributed by atoms with E-state index in [2.05, 4.69) is 15.6 Å². The molecule has 0 saturated carbocycles. The number of amides is 2. The highest BCUT2D eigenvalue weighted by molar-refractivity contribution is 5.83. The molecule has 2 atom stereocenters. The molecule has 1 aromatic carbocycles. The van der Waals surface area contributed by atoms with Gasteiger partial charge in [-0.1, -0.05) is 12.1 Å². The molecule has 0 spiro atoms. The van der Waals surface area contributed by atoms with E-state index in [0.717, 1.165) is 30.3 Å². The van der Waals surface area contributed by atoms with Crippen LogP contribution in [0.25, 0.3) is 11.0 Å². The van der Waals surface area contributed by atoms with Crippen molar-refractivity contribution in [3.8, 4) is 0 Å². The monoisotopic (exact) mass is 388 g/mol.